The maximum Gasteiger partial charge on any atom is 0.321 e. The molecule has 1 aliphatic rings. The average Bonchev–Trinajstić information content (AvgIpc) is 2.70. The Balaban J connectivity index is 2.20. The smallest absolute Gasteiger partial charge is 0.321 e. The van der Waals surface area contributed by atoms with Crippen LogP contribution in [0.25, 0.3) is 0 Å². The van der Waals surface area contributed by atoms with Gasteiger partial charge in [-0.3, -0.25) is 10.1 Å². The molecule has 0 aromatic heterocycles. The average molecular weight is 245 g/mol. The standard InChI is InChI=1S/C10H9F2NO2S/c11-5-1-2-7(12)6(3-5)9-13-8(4-16-9)10(14)15/h1-3,8-9,13H,4H2,(H,14,15)/t8-,9+/m1/s1. The summed E-state index contributed by atoms with van der Waals surface area (Å²) in [7, 11) is 0. The van der Waals surface area contributed by atoms with Gasteiger partial charge in [-0.25, -0.2) is 8.78 Å². The topological polar surface area (TPSA) is 49.3 Å². The van der Waals surface area contributed by atoms with Crippen molar-refractivity contribution < 1.29 is 18.7 Å². The summed E-state index contributed by atoms with van der Waals surface area (Å²) in [6.07, 6.45) is 0. The van der Waals surface area contributed by atoms with Gasteiger partial charge in [0.25, 0.3) is 0 Å². The van der Waals surface area contributed by atoms with Crippen LogP contribution in [0.5, 0.6) is 0 Å². The van der Waals surface area contributed by atoms with E-state index in [0.717, 1.165) is 18.2 Å². The molecule has 6 heteroatoms. The Kier molecular flexibility index (Phi) is 3.11. The molecular weight excluding hydrogens is 236 g/mol. The minimum atomic E-state index is -0.980. The molecule has 86 valence electrons. The second-order valence-corrected chi connectivity index (χ2v) is 4.57. The third-order valence-corrected chi connectivity index (χ3v) is 3.57. The second-order valence-electron chi connectivity index (χ2n) is 3.44. The molecule has 0 bridgehead atoms. The van der Waals surface area contributed by atoms with Crippen molar-refractivity contribution in [2.45, 2.75) is 11.4 Å². The van der Waals surface area contributed by atoms with E-state index in [-0.39, 0.29) is 5.56 Å². The van der Waals surface area contributed by atoms with E-state index in [9.17, 15) is 13.6 Å². The van der Waals surface area contributed by atoms with Gasteiger partial charge in [0.1, 0.15) is 17.7 Å². The number of hydrogen-bond donors (Lipinski definition) is 2. The van der Waals surface area contributed by atoms with Gasteiger partial charge >= 0.3 is 5.97 Å². The maximum absolute atomic E-state index is 13.4. The Hall–Kier alpha value is -1.14. The van der Waals surface area contributed by atoms with Gasteiger partial charge < -0.3 is 5.11 Å². The molecule has 2 rings (SSSR count). The Morgan fingerprint density at radius 1 is 1.50 bits per heavy atom. The van der Waals surface area contributed by atoms with Gasteiger partial charge in [-0.05, 0) is 18.2 Å². The first-order valence-corrected chi connectivity index (χ1v) is 5.68. The van der Waals surface area contributed by atoms with Crippen molar-refractivity contribution in [2.24, 2.45) is 0 Å². The molecule has 1 saturated heterocycles. The number of nitrogens with one attached hydrogen (secondary N) is 1. The zero-order chi connectivity index (χ0) is 11.7. The molecule has 0 unspecified atom stereocenters. The highest BCUT2D eigenvalue weighted by molar-refractivity contribution is 7.99. The zero-order valence-electron chi connectivity index (χ0n) is 8.11. The predicted octanol–water partition coefficient (Wildman–Crippen LogP) is 1.75. The molecule has 0 amide bonds. The number of benzene rings is 1. The van der Waals surface area contributed by atoms with E-state index in [2.05, 4.69) is 5.32 Å². The lowest BCUT2D eigenvalue weighted by molar-refractivity contribution is -0.138. The Labute approximate surface area is 94.8 Å². The summed E-state index contributed by atoms with van der Waals surface area (Å²) in [5.41, 5.74) is 0.161. The molecule has 2 atom stereocenters. The van der Waals surface area contributed by atoms with E-state index >= 15 is 0 Å². The van der Waals surface area contributed by atoms with Gasteiger partial charge in [0.05, 0.1) is 5.37 Å². The van der Waals surface area contributed by atoms with Crippen molar-refractivity contribution in [1.82, 2.24) is 5.32 Å². The van der Waals surface area contributed by atoms with Crippen molar-refractivity contribution in [3.05, 3.63) is 35.4 Å². The molecule has 0 saturated carbocycles. The number of halogens is 2. The third kappa shape index (κ3) is 2.17. The molecular formula is C10H9F2NO2S. The number of hydrogen-bond acceptors (Lipinski definition) is 3. The first-order chi connectivity index (χ1) is 7.58. The van der Waals surface area contributed by atoms with E-state index in [1.165, 1.54) is 11.8 Å². The van der Waals surface area contributed by atoms with Crippen molar-refractivity contribution in [3.63, 3.8) is 0 Å². The lowest BCUT2D eigenvalue weighted by Crippen LogP contribution is -2.33. The second kappa shape index (κ2) is 4.39. The highest BCUT2D eigenvalue weighted by Crippen LogP contribution is 2.34. The van der Waals surface area contributed by atoms with Crippen molar-refractivity contribution in [1.29, 1.82) is 0 Å². The van der Waals surface area contributed by atoms with E-state index in [4.69, 9.17) is 5.11 Å². The lowest BCUT2D eigenvalue weighted by Gasteiger charge is -2.12. The van der Waals surface area contributed by atoms with E-state index in [0.29, 0.717) is 5.75 Å². The van der Waals surface area contributed by atoms with Crippen LogP contribution in [-0.4, -0.2) is 22.9 Å². The Bertz CT molecular complexity index is 427. The molecule has 1 heterocycles. The van der Waals surface area contributed by atoms with Crippen LogP contribution in [0.4, 0.5) is 8.78 Å². The Morgan fingerprint density at radius 2 is 2.25 bits per heavy atom. The van der Waals surface area contributed by atoms with E-state index in [1.54, 1.807) is 0 Å². The zero-order valence-corrected chi connectivity index (χ0v) is 8.93. The third-order valence-electron chi connectivity index (χ3n) is 2.32. The summed E-state index contributed by atoms with van der Waals surface area (Å²) >= 11 is 1.26. The van der Waals surface area contributed by atoms with Crippen LogP contribution in [-0.2, 0) is 4.79 Å². The molecule has 1 aliphatic heterocycles. The molecule has 16 heavy (non-hydrogen) atoms. The predicted molar refractivity (Wildman–Crippen MR) is 56.1 cm³/mol. The van der Waals surface area contributed by atoms with Crippen LogP contribution in [0.15, 0.2) is 18.2 Å². The monoisotopic (exact) mass is 245 g/mol. The molecule has 0 aliphatic carbocycles. The minimum Gasteiger partial charge on any atom is -0.480 e. The van der Waals surface area contributed by atoms with Gasteiger partial charge in [-0.15, -0.1) is 11.8 Å². The summed E-state index contributed by atoms with van der Waals surface area (Å²) in [6, 6.07) is 2.45. The van der Waals surface area contributed by atoms with Crippen LogP contribution >= 0.6 is 11.8 Å². The number of rotatable bonds is 2. The van der Waals surface area contributed by atoms with Gasteiger partial charge in [-0.2, -0.15) is 0 Å². The van der Waals surface area contributed by atoms with Crippen LogP contribution in [0.3, 0.4) is 0 Å². The fraction of sp³-hybridized carbons (Fsp3) is 0.300. The number of carboxylic acids is 1. The Morgan fingerprint density at radius 3 is 2.88 bits per heavy atom. The highest BCUT2D eigenvalue weighted by atomic mass is 32.2. The van der Waals surface area contributed by atoms with Crippen LogP contribution in [0, 0.1) is 11.6 Å². The molecule has 1 fully saturated rings. The van der Waals surface area contributed by atoms with Crippen molar-refractivity contribution in [3.8, 4) is 0 Å². The van der Waals surface area contributed by atoms with E-state index in [1.807, 2.05) is 0 Å². The first-order valence-electron chi connectivity index (χ1n) is 4.63. The minimum absolute atomic E-state index is 0.161. The number of thioether (sulfide) groups is 1. The molecule has 3 nitrogen and oxygen atoms in total. The quantitative estimate of drug-likeness (QED) is 0.833. The molecule has 2 N–H and O–H groups in total. The molecule has 1 aromatic carbocycles. The lowest BCUT2D eigenvalue weighted by atomic mass is 10.2. The van der Waals surface area contributed by atoms with Crippen LogP contribution in [0.1, 0.15) is 10.9 Å². The SMILES string of the molecule is O=C(O)[C@H]1CS[C@@H](c2cc(F)ccc2F)N1. The van der Waals surface area contributed by atoms with Gasteiger partial charge in [-0.1, -0.05) is 0 Å². The number of carboxylic acid groups (broad SMARTS) is 1. The summed E-state index contributed by atoms with van der Waals surface area (Å²) in [4.78, 5) is 10.7. The summed E-state index contributed by atoms with van der Waals surface area (Å²) < 4.78 is 26.3. The van der Waals surface area contributed by atoms with Crippen molar-refractivity contribution in [2.75, 3.05) is 5.75 Å². The normalized spacial score (nSPS) is 24.6. The molecule has 0 radical (unpaired) electrons. The van der Waals surface area contributed by atoms with Gasteiger partial charge in [0.2, 0.25) is 0 Å². The van der Waals surface area contributed by atoms with Crippen molar-refractivity contribution >= 4 is 17.7 Å². The van der Waals surface area contributed by atoms with Gasteiger partial charge in [0.15, 0.2) is 0 Å². The van der Waals surface area contributed by atoms with E-state index < -0.39 is 29.0 Å². The van der Waals surface area contributed by atoms with Crippen LogP contribution in [0.2, 0.25) is 0 Å². The van der Waals surface area contributed by atoms with Crippen LogP contribution < -0.4 is 5.32 Å². The largest absolute Gasteiger partial charge is 0.480 e. The summed E-state index contributed by atoms with van der Waals surface area (Å²) in [5, 5.41) is 11.0. The van der Waals surface area contributed by atoms with Gasteiger partial charge in [0, 0.05) is 11.3 Å². The highest BCUT2D eigenvalue weighted by Gasteiger charge is 2.31. The summed E-state index contributed by atoms with van der Waals surface area (Å²) in [6.45, 7) is 0. The fourth-order valence-electron chi connectivity index (χ4n) is 1.51. The first kappa shape index (κ1) is 11.3. The maximum atomic E-state index is 13.4. The molecule has 1 aromatic rings. The number of carbonyl (C=O) groups is 1. The molecule has 0 spiro atoms. The number of aliphatic carboxylic acids is 1. The summed E-state index contributed by atoms with van der Waals surface area (Å²) in [5.74, 6) is -1.70. The fourth-order valence-corrected chi connectivity index (χ4v) is 2.75.